The van der Waals surface area contributed by atoms with Gasteiger partial charge in [-0.05, 0) is 51.0 Å². The molecule has 9 heteroatoms. The largest absolute Gasteiger partial charge is 0.497 e. The van der Waals surface area contributed by atoms with Crippen molar-refractivity contribution in [3.8, 4) is 5.75 Å². The molecule has 1 fully saturated rings. The molecule has 2 N–H and O–H groups in total. The monoisotopic (exact) mass is 426 g/mol. The number of carbonyl (C=O) groups excluding carboxylic acids is 2. The van der Waals surface area contributed by atoms with E-state index in [9.17, 15) is 18.0 Å². The lowest BCUT2D eigenvalue weighted by Gasteiger charge is -2.21. The van der Waals surface area contributed by atoms with Crippen LogP contribution in [0.5, 0.6) is 5.75 Å². The van der Waals surface area contributed by atoms with Gasteiger partial charge in [-0.15, -0.1) is 0 Å². The van der Waals surface area contributed by atoms with Gasteiger partial charge in [-0.25, -0.2) is 8.42 Å². The third-order valence-corrected chi connectivity index (χ3v) is 6.48. The average molecular weight is 427 g/mol. The lowest BCUT2D eigenvalue weighted by molar-refractivity contribution is -0.156. The van der Waals surface area contributed by atoms with Gasteiger partial charge in [0.05, 0.1) is 12.0 Å². The Bertz CT molecular complexity index is 786. The lowest BCUT2D eigenvalue weighted by atomic mass is 10.1. The normalized spacial score (nSPS) is 17.6. The zero-order chi connectivity index (χ0) is 21.4. The molecule has 0 aromatic heterocycles. The Hall–Kier alpha value is -2.13. The van der Waals surface area contributed by atoms with Gasteiger partial charge >= 0.3 is 5.97 Å². The molecule has 1 aliphatic carbocycles. The molecule has 1 aromatic carbocycles. The molecular formula is C20H30N2O6S. The Morgan fingerprint density at radius 2 is 1.62 bits per heavy atom. The third-order valence-electron chi connectivity index (χ3n) is 4.92. The first-order valence-electron chi connectivity index (χ1n) is 9.90. The molecule has 0 radical (unpaired) electrons. The van der Waals surface area contributed by atoms with E-state index in [4.69, 9.17) is 9.47 Å². The first kappa shape index (κ1) is 23.2. The Morgan fingerprint density at radius 1 is 1.03 bits per heavy atom. The molecule has 2 atom stereocenters. The van der Waals surface area contributed by atoms with Gasteiger partial charge < -0.3 is 14.8 Å². The van der Waals surface area contributed by atoms with E-state index in [1.54, 1.807) is 0 Å². The summed E-state index contributed by atoms with van der Waals surface area (Å²) in [4.78, 5) is 24.6. The minimum Gasteiger partial charge on any atom is -0.497 e. The van der Waals surface area contributed by atoms with Gasteiger partial charge in [0.25, 0.3) is 5.91 Å². The number of hydrogen-bond acceptors (Lipinski definition) is 6. The van der Waals surface area contributed by atoms with Crippen LogP contribution in [-0.4, -0.2) is 45.6 Å². The van der Waals surface area contributed by atoms with Gasteiger partial charge in [-0.2, -0.15) is 4.72 Å². The van der Waals surface area contributed by atoms with Crippen LogP contribution in [0.2, 0.25) is 0 Å². The molecule has 1 aromatic rings. The molecule has 0 spiro atoms. The Balaban J connectivity index is 1.88. The number of ether oxygens (including phenoxy) is 2. The first-order valence-corrected chi connectivity index (χ1v) is 11.4. The summed E-state index contributed by atoms with van der Waals surface area (Å²) in [5, 5.41) is 2.92. The maximum atomic E-state index is 12.4. The van der Waals surface area contributed by atoms with Crippen molar-refractivity contribution in [2.75, 3.05) is 7.11 Å². The second kappa shape index (κ2) is 10.6. The number of hydrogen-bond donors (Lipinski definition) is 2. The molecule has 0 saturated heterocycles. The molecule has 0 unspecified atom stereocenters. The predicted octanol–water partition coefficient (Wildman–Crippen LogP) is 2.13. The summed E-state index contributed by atoms with van der Waals surface area (Å²) < 4.78 is 37.3. The van der Waals surface area contributed by atoms with Crippen LogP contribution >= 0.6 is 0 Å². The van der Waals surface area contributed by atoms with Crippen molar-refractivity contribution >= 4 is 21.9 Å². The van der Waals surface area contributed by atoms with E-state index in [1.165, 1.54) is 58.1 Å². The molecule has 0 bridgehead atoms. The number of amides is 1. The molecule has 2 rings (SSSR count). The first-order chi connectivity index (χ1) is 13.7. The van der Waals surface area contributed by atoms with E-state index in [0.29, 0.717) is 5.75 Å². The second-order valence-corrected chi connectivity index (χ2v) is 9.01. The van der Waals surface area contributed by atoms with E-state index < -0.39 is 28.1 Å². The smallest absolute Gasteiger partial charge is 0.324 e. The third kappa shape index (κ3) is 7.01. The van der Waals surface area contributed by atoms with E-state index >= 15 is 0 Å². The Labute approximate surface area is 172 Å². The average Bonchev–Trinajstić information content (AvgIpc) is 2.96. The standard InChI is InChI=1S/C20H30N2O6S/c1-14(22-29(25,26)18-12-10-17(27-3)11-13-18)20(24)28-15(2)19(23)21-16-8-6-4-5-7-9-16/h10-16,22H,4-9H2,1-3H3,(H,21,23)/t14-,15-/m0/s1. The molecule has 1 aliphatic rings. The van der Waals surface area contributed by atoms with Crippen LogP contribution in [0.25, 0.3) is 0 Å². The Morgan fingerprint density at radius 3 is 2.17 bits per heavy atom. The summed E-state index contributed by atoms with van der Waals surface area (Å²) in [6.07, 6.45) is 5.33. The molecule has 0 heterocycles. The Kier molecular flexibility index (Phi) is 8.45. The van der Waals surface area contributed by atoms with Gasteiger partial charge in [0.15, 0.2) is 6.10 Å². The van der Waals surface area contributed by atoms with Gasteiger partial charge in [0.2, 0.25) is 10.0 Å². The highest BCUT2D eigenvalue weighted by atomic mass is 32.2. The van der Waals surface area contributed by atoms with Crippen LogP contribution in [0, 0.1) is 0 Å². The lowest BCUT2D eigenvalue weighted by Crippen LogP contribution is -2.45. The summed E-state index contributed by atoms with van der Waals surface area (Å²) in [7, 11) is -2.44. The number of rotatable bonds is 8. The number of esters is 1. The van der Waals surface area contributed by atoms with Crippen LogP contribution in [0.3, 0.4) is 0 Å². The van der Waals surface area contributed by atoms with Gasteiger partial charge in [0, 0.05) is 6.04 Å². The van der Waals surface area contributed by atoms with Crippen molar-refractivity contribution in [3.63, 3.8) is 0 Å². The molecule has 162 valence electrons. The zero-order valence-corrected chi connectivity index (χ0v) is 18.0. The molecular weight excluding hydrogens is 396 g/mol. The number of carbonyl (C=O) groups is 2. The zero-order valence-electron chi connectivity index (χ0n) is 17.1. The number of methoxy groups -OCH3 is 1. The van der Waals surface area contributed by atoms with Crippen LogP contribution in [0.1, 0.15) is 52.4 Å². The quantitative estimate of drug-likeness (QED) is 0.487. The minimum absolute atomic E-state index is 0.00268. The summed E-state index contributed by atoms with van der Waals surface area (Å²) in [5.74, 6) is -0.661. The van der Waals surface area contributed by atoms with Crippen molar-refractivity contribution < 1.29 is 27.5 Å². The van der Waals surface area contributed by atoms with E-state index in [-0.39, 0.29) is 16.8 Å². The molecule has 29 heavy (non-hydrogen) atoms. The maximum Gasteiger partial charge on any atom is 0.324 e. The van der Waals surface area contributed by atoms with Crippen LogP contribution in [0.4, 0.5) is 0 Å². The SMILES string of the molecule is COc1ccc(S(=O)(=O)N[C@@H](C)C(=O)O[C@@H](C)C(=O)NC2CCCCCC2)cc1. The second-order valence-electron chi connectivity index (χ2n) is 7.29. The van der Waals surface area contributed by atoms with Crippen LogP contribution in [0.15, 0.2) is 29.2 Å². The van der Waals surface area contributed by atoms with Crippen molar-refractivity contribution in [3.05, 3.63) is 24.3 Å². The fraction of sp³-hybridized carbons (Fsp3) is 0.600. The predicted molar refractivity (Wildman–Crippen MR) is 108 cm³/mol. The number of nitrogens with one attached hydrogen (secondary N) is 2. The summed E-state index contributed by atoms with van der Waals surface area (Å²) in [5.41, 5.74) is 0. The topological polar surface area (TPSA) is 111 Å². The minimum atomic E-state index is -3.92. The summed E-state index contributed by atoms with van der Waals surface area (Å²) in [6.45, 7) is 2.86. The number of benzene rings is 1. The molecule has 8 nitrogen and oxygen atoms in total. The highest BCUT2D eigenvalue weighted by Crippen LogP contribution is 2.18. The highest BCUT2D eigenvalue weighted by Gasteiger charge is 2.27. The van der Waals surface area contributed by atoms with Crippen molar-refractivity contribution in [2.45, 2.75) is 75.5 Å². The van der Waals surface area contributed by atoms with Gasteiger partial charge in [0.1, 0.15) is 11.8 Å². The molecule has 0 aliphatic heterocycles. The summed E-state index contributed by atoms with van der Waals surface area (Å²) >= 11 is 0. The fourth-order valence-corrected chi connectivity index (χ4v) is 4.37. The van der Waals surface area contributed by atoms with E-state index in [2.05, 4.69) is 10.0 Å². The van der Waals surface area contributed by atoms with Crippen LogP contribution < -0.4 is 14.8 Å². The number of sulfonamides is 1. The van der Waals surface area contributed by atoms with Crippen molar-refractivity contribution in [1.82, 2.24) is 10.0 Å². The summed E-state index contributed by atoms with van der Waals surface area (Å²) in [6, 6.07) is 4.73. The van der Waals surface area contributed by atoms with E-state index in [0.717, 1.165) is 25.7 Å². The van der Waals surface area contributed by atoms with Gasteiger partial charge in [-0.3, -0.25) is 9.59 Å². The fourth-order valence-electron chi connectivity index (χ4n) is 3.18. The van der Waals surface area contributed by atoms with Crippen molar-refractivity contribution in [2.24, 2.45) is 0 Å². The van der Waals surface area contributed by atoms with Crippen LogP contribution in [-0.2, 0) is 24.3 Å². The van der Waals surface area contributed by atoms with Crippen molar-refractivity contribution in [1.29, 1.82) is 0 Å². The van der Waals surface area contributed by atoms with Gasteiger partial charge in [-0.1, -0.05) is 25.7 Å². The van der Waals surface area contributed by atoms with E-state index in [1.807, 2.05) is 0 Å². The highest BCUT2D eigenvalue weighted by molar-refractivity contribution is 7.89. The molecule has 1 amide bonds. The molecule has 1 saturated carbocycles. The maximum absolute atomic E-state index is 12.4.